The molecule has 0 saturated carbocycles. The van der Waals surface area contributed by atoms with Crippen LogP contribution in [0.4, 0.5) is 23.0 Å². The summed E-state index contributed by atoms with van der Waals surface area (Å²) in [5, 5.41) is 6.04. The molecule has 2 amide bonds. The first-order valence-corrected chi connectivity index (χ1v) is 13.4. The number of hydrogen-bond donors (Lipinski definition) is 3. The van der Waals surface area contributed by atoms with E-state index < -0.39 is 0 Å². The summed E-state index contributed by atoms with van der Waals surface area (Å²) in [6, 6.07) is 25.4. The van der Waals surface area contributed by atoms with Crippen molar-refractivity contribution >= 4 is 34.8 Å². The first-order valence-electron chi connectivity index (χ1n) is 13.4. The van der Waals surface area contributed by atoms with Crippen LogP contribution in [0.25, 0.3) is 11.3 Å². The van der Waals surface area contributed by atoms with Crippen molar-refractivity contribution in [2.24, 2.45) is 5.73 Å². The molecule has 0 unspecified atom stereocenters. The topological polar surface area (TPSA) is 116 Å². The largest absolute Gasteiger partial charge is 0.368 e. The van der Waals surface area contributed by atoms with E-state index in [-0.39, 0.29) is 11.8 Å². The van der Waals surface area contributed by atoms with E-state index in [2.05, 4.69) is 37.6 Å². The highest BCUT2D eigenvalue weighted by atomic mass is 16.2. The molecule has 40 heavy (non-hydrogen) atoms. The van der Waals surface area contributed by atoms with Gasteiger partial charge in [-0.1, -0.05) is 36.4 Å². The van der Waals surface area contributed by atoms with Crippen molar-refractivity contribution in [2.45, 2.75) is 19.9 Å². The third-order valence-electron chi connectivity index (χ3n) is 6.96. The molecule has 2 heterocycles. The first kappa shape index (κ1) is 26.8. The monoisotopic (exact) mass is 535 g/mol. The van der Waals surface area contributed by atoms with Crippen molar-refractivity contribution in [3.63, 3.8) is 0 Å². The maximum Gasteiger partial charge on any atom is 0.227 e. The Morgan fingerprint density at radius 3 is 2.20 bits per heavy atom. The van der Waals surface area contributed by atoms with E-state index in [1.165, 1.54) is 6.92 Å². The van der Waals surface area contributed by atoms with Crippen LogP contribution in [-0.2, 0) is 22.6 Å². The van der Waals surface area contributed by atoms with E-state index in [0.29, 0.717) is 32.0 Å². The molecule has 5 rings (SSSR count). The second kappa shape index (κ2) is 12.4. The van der Waals surface area contributed by atoms with Gasteiger partial charge in [-0.2, -0.15) is 0 Å². The summed E-state index contributed by atoms with van der Waals surface area (Å²) in [5.74, 6) is 0.538. The predicted molar refractivity (Wildman–Crippen MR) is 158 cm³/mol. The minimum absolute atomic E-state index is 0.106. The van der Waals surface area contributed by atoms with Gasteiger partial charge in [0.05, 0.1) is 12.1 Å². The van der Waals surface area contributed by atoms with Crippen LogP contribution >= 0.6 is 0 Å². The summed E-state index contributed by atoms with van der Waals surface area (Å²) < 4.78 is 0. The number of carbonyl (C=O) groups excluding carboxylic acids is 2. The zero-order valence-corrected chi connectivity index (χ0v) is 22.5. The third kappa shape index (κ3) is 6.62. The van der Waals surface area contributed by atoms with E-state index in [9.17, 15) is 9.59 Å². The Kier molecular flexibility index (Phi) is 8.32. The number of hydrogen-bond acceptors (Lipinski definition) is 7. The molecule has 1 aromatic heterocycles. The lowest BCUT2D eigenvalue weighted by molar-refractivity contribution is -0.130. The molecule has 0 aliphatic carbocycles. The molecule has 1 saturated heterocycles. The zero-order valence-electron chi connectivity index (χ0n) is 22.5. The number of aromatic nitrogens is 2. The van der Waals surface area contributed by atoms with Gasteiger partial charge in [0.15, 0.2) is 0 Å². The summed E-state index contributed by atoms with van der Waals surface area (Å²) >= 11 is 0. The molecule has 3 aromatic carbocycles. The van der Waals surface area contributed by atoms with E-state index in [4.69, 9.17) is 5.73 Å². The van der Waals surface area contributed by atoms with Gasteiger partial charge in [-0.05, 0) is 53.6 Å². The van der Waals surface area contributed by atoms with E-state index >= 15 is 0 Å². The van der Waals surface area contributed by atoms with Crippen molar-refractivity contribution in [2.75, 3.05) is 41.7 Å². The molecule has 0 bridgehead atoms. The van der Waals surface area contributed by atoms with Gasteiger partial charge in [0.1, 0.15) is 0 Å². The van der Waals surface area contributed by atoms with Crippen LogP contribution in [0.5, 0.6) is 0 Å². The fourth-order valence-electron chi connectivity index (χ4n) is 4.81. The summed E-state index contributed by atoms with van der Waals surface area (Å²) in [6.07, 6.45) is 2.11. The minimum atomic E-state index is -0.106. The summed E-state index contributed by atoms with van der Waals surface area (Å²) in [7, 11) is 0. The number of amides is 2. The lowest BCUT2D eigenvalue weighted by Crippen LogP contribution is -2.49. The number of benzene rings is 3. The summed E-state index contributed by atoms with van der Waals surface area (Å²) in [6.45, 7) is 4.87. The Labute approximate surface area is 234 Å². The highest BCUT2D eigenvalue weighted by Gasteiger charge is 2.22. The van der Waals surface area contributed by atoms with Crippen molar-refractivity contribution in [1.82, 2.24) is 14.9 Å². The van der Waals surface area contributed by atoms with Gasteiger partial charge in [0.25, 0.3) is 0 Å². The molecule has 1 aliphatic heterocycles. The van der Waals surface area contributed by atoms with E-state index in [1.54, 1.807) is 6.20 Å². The molecule has 4 N–H and O–H groups in total. The van der Waals surface area contributed by atoms with Gasteiger partial charge in [-0.25, -0.2) is 9.97 Å². The Morgan fingerprint density at radius 2 is 1.52 bits per heavy atom. The van der Waals surface area contributed by atoms with Crippen LogP contribution in [0.2, 0.25) is 0 Å². The lowest BCUT2D eigenvalue weighted by Gasteiger charge is -2.36. The highest BCUT2D eigenvalue weighted by Crippen LogP contribution is 2.24. The fourth-order valence-corrected chi connectivity index (χ4v) is 4.81. The van der Waals surface area contributed by atoms with Gasteiger partial charge >= 0.3 is 0 Å². The fraction of sp³-hybridized carbons (Fsp3) is 0.226. The second-order valence-corrected chi connectivity index (χ2v) is 9.71. The molecular formula is C31H33N7O2. The zero-order chi connectivity index (χ0) is 27.9. The van der Waals surface area contributed by atoms with Crippen LogP contribution in [0.1, 0.15) is 18.1 Å². The number of anilines is 4. The molecule has 0 spiro atoms. The normalized spacial score (nSPS) is 13.2. The number of rotatable bonds is 8. The molecule has 0 radical (unpaired) electrons. The van der Waals surface area contributed by atoms with Gasteiger partial charge in [-0.3, -0.25) is 9.59 Å². The van der Waals surface area contributed by atoms with Gasteiger partial charge in [0.2, 0.25) is 17.8 Å². The lowest BCUT2D eigenvalue weighted by atomic mass is 10.0. The second-order valence-electron chi connectivity index (χ2n) is 9.71. The van der Waals surface area contributed by atoms with Crippen LogP contribution in [0.3, 0.4) is 0 Å². The van der Waals surface area contributed by atoms with E-state index in [0.717, 1.165) is 52.5 Å². The Balaban J connectivity index is 1.16. The standard InChI is InChI=1S/C31H33N7O2/c1-22(39)34-26-8-6-23(7-9-26)29-14-15-33-31(36-29)35-27-10-12-28(13-11-27)37-16-18-38(19-17-37)30(40)20-24-4-2-3-5-25(24)21-32/h2-15H,16-21,32H2,1H3,(H,34,39)(H,33,35,36). The van der Waals surface area contributed by atoms with Gasteiger partial charge in [0, 0.05) is 68.5 Å². The number of nitrogens with zero attached hydrogens (tertiary/aromatic N) is 4. The summed E-state index contributed by atoms with van der Waals surface area (Å²) in [4.78, 5) is 37.4. The third-order valence-corrected chi connectivity index (χ3v) is 6.96. The molecule has 1 aliphatic rings. The average molecular weight is 536 g/mol. The quantitative estimate of drug-likeness (QED) is 0.310. The van der Waals surface area contributed by atoms with E-state index in [1.807, 2.05) is 71.6 Å². The molecule has 9 heteroatoms. The Morgan fingerprint density at radius 1 is 0.850 bits per heavy atom. The molecule has 4 aromatic rings. The summed E-state index contributed by atoms with van der Waals surface area (Å²) in [5.41, 5.74) is 12.3. The minimum Gasteiger partial charge on any atom is -0.368 e. The van der Waals surface area contributed by atoms with Crippen molar-refractivity contribution in [1.29, 1.82) is 0 Å². The average Bonchev–Trinajstić information content (AvgIpc) is 2.98. The molecule has 204 valence electrons. The SMILES string of the molecule is CC(=O)Nc1ccc(-c2ccnc(Nc3ccc(N4CCN(C(=O)Cc5ccccc5CN)CC4)cc3)n2)cc1. The van der Waals surface area contributed by atoms with Crippen molar-refractivity contribution in [3.8, 4) is 11.3 Å². The molecule has 9 nitrogen and oxygen atoms in total. The number of carbonyl (C=O) groups is 2. The molecule has 0 atom stereocenters. The first-order chi connectivity index (χ1) is 19.5. The number of nitrogens with two attached hydrogens (primary N) is 1. The van der Waals surface area contributed by atoms with Gasteiger partial charge in [-0.15, -0.1) is 0 Å². The van der Waals surface area contributed by atoms with Crippen molar-refractivity contribution < 1.29 is 9.59 Å². The molecule has 1 fully saturated rings. The smallest absolute Gasteiger partial charge is 0.227 e. The number of piperazine rings is 1. The maximum atomic E-state index is 12.9. The van der Waals surface area contributed by atoms with Crippen LogP contribution < -0.4 is 21.3 Å². The molecular weight excluding hydrogens is 502 g/mol. The van der Waals surface area contributed by atoms with Crippen LogP contribution in [0, 0.1) is 0 Å². The highest BCUT2D eigenvalue weighted by molar-refractivity contribution is 5.89. The van der Waals surface area contributed by atoms with Crippen LogP contribution in [-0.4, -0.2) is 52.9 Å². The predicted octanol–water partition coefficient (Wildman–Crippen LogP) is 4.20. The van der Waals surface area contributed by atoms with Crippen LogP contribution in [0.15, 0.2) is 85.1 Å². The Hall–Kier alpha value is -4.76. The maximum absolute atomic E-state index is 12.9. The Bertz CT molecular complexity index is 1460. The number of nitrogens with one attached hydrogen (secondary N) is 2. The van der Waals surface area contributed by atoms with Gasteiger partial charge < -0.3 is 26.2 Å². The van der Waals surface area contributed by atoms with Crippen molar-refractivity contribution in [3.05, 3.63) is 96.2 Å².